The van der Waals surface area contributed by atoms with Gasteiger partial charge in [0.2, 0.25) is 0 Å². The Kier molecular flexibility index (Phi) is 5.20. The Bertz CT molecular complexity index is 1120. The zero-order valence-corrected chi connectivity index (χ0v) is 16.4. The second-order valence-electron chi connectivity index (χ2n) is 7.15. The third-order valence-corrected chi connectivity index (χ3v) is 4.73. The van der Waals surface area contributed by atoms with Crippen molar-refractivity contribution in [3.8, 4) is 16.9 Å². The molecular formula is C24H22N4O. The summed E-state index contributed by atoms with van der Waals surface area (Å²) in [6.45, 7) is 4.26. The van der Waals surface area contributed by atoms with E-state index >= 15 is 0 Å². The van der Waals surface area contributed by atoms with E-state index in [0.29, 0.717) is 17.2 Å². The maximum absolute atomic E-state index is 13.1. The molecule has 5 nitrogen and oxygen atoms in total. The van der Waals surface area contributed by atoms with E-state index in [9.17, 15) is 4.79 Å². The molecule has 0 spiro atoms. The first kappa shape index (κ1) is 18.6. The molecule has 0 saturated heterocycles. The number of rotatable bonds is 5. The molecule has 0 atom stereocenters. The predicted octanol–water partition coefficient (Wildman–Crippen LogP) is 5.31. The maximum atomic E-state index is 13.1. The van der Waals surface area contributed by atoms with Crippen molar-refractivity contribution < 1.29 is 4.79 Å². The summed E-state index contributed by atoms with van der Waals surface area (Å²) in [5, 5.41) is 7.69. The summed E-state index contributed by atoms with van der Waals surface area (Å²) in [5.41, 5.74) is 4.72. The number of carbonyl (C=O) groups is 1. The highest BCUT2D eigenvalue weighted by molar-refractivity contribution is 6.08. The van der Waals surface area contributed by atoms with Crippen LogP contribution in [0.4, 0.5) is 5.69 Å². The number of anilines is 1. The van der Waals surface area contributed by atoms with Gasteiger partial charge in [-0.2, -0.15) is 5.10 Å². The number of hydrogen-bond donors (Lipinski definition) is 1. The van der Waals surface area contributed by atoms with E-state index in [1.165, 1.54) is 5.56 Å². The molecule has 0 bridgehead atoms. The van der Waals surface area contributed by atoms with Crippen LogP contribution in [-0.4, -0.2) is 20.7 Å². The van der Waals surface area contributed by atoms with Crippen LogP contribution in [0.2, 0.25) is 0 Å². The summed E-state index contributed by atoms with van der Waals surface area (Å²) in [5.74, 6) is 0.186. The Hall–Kier alpha value is -3.73. The Morgan fingerprint density at radius 1 is 1.00 bits per heavy atom. The topological polar surface area (TPSA) is 59.8 Å². The molecule has 2 aromatic carbocycles. The average molecular weight is 382 g/mol. The molecule has 1 amide bonds. The molecule has 0 saturated carbocycles. The normalized spacial score (nSPS) is 10.9. The number of carbonyl (C=O) groups excluding carboxylic acids is 1. The molecule has 0 aliphatic heterocycles. The molecule has 1 N–H and O–H groups in total. The van der Waals surface area contributed by atoms with Crippen LogP contribution in [0.3, 0.4) is 0 Å². The van der Waals surface area contributed by atoms with Crippen LogP contribution < -0.4 is 5.32 Å². The fourth-order valence-corrected chi connectivity index (χ4v) is 3.14. The summed E-state index contributed by atoms with van der Waals surface area (Å²) in [6, 6.07) is 21.4. The van der Waals surface area contributed by atoms with Crippen molar-refractivity contribution in [3.05, 3.63) is 96.4 Å². The summed E-state index contributed by atoms with van der Waals surface area (Å²) in [7, 11) is 0. The number of nitrogens with one attached hydrogen (secondary N) is 1. The minimum atomic E-state index is -0.202. The fraction of sp³-hybridized carbons (Fsp3) is 0.125. The number of aromatic nitrogens is 3. The van der Waals surface area contributed by atoms with E-state index in [1.54, 1.807) is 23.3 Å². The molecule has 29 heavy (non-hydrogen) atoms. The lowest BCUT2D eigenvalue weighted by Crippen LogP contribution is -2.12. The van der Waals surface area contributed by atoms with Crippen molar-refractivity contribution >= 4 is 11.6 Å². The van der Waals surface area contributed by atoms with E-state index in [0.717, 1.165) is 16.9 Å². The molecule has 0 unspecified atom stereocenters. The molecule has 5 heteroatoms. The van der Waals surface area contributed by atoms with Gasteiger partial charge in [-0.15, -0.1) is 0 Å². The smallest absolute Gasteiger partial charge is 0.259 e. The first-order chi connectivity index (χ1) is 14.1. The Balaban J connectivity index is 1.72. The Labute approximate surface area is 170 Å². The number of nitrogens with zero attached hydrogens (tertiary/aromatic N) is 3. The third-order valence-electron chi connectivity index (χ3n) is 4.73. The molecule has 0 aliphatic rings. The van der Waals surface area contributed by atoms with Crippen molar-refractivity contribution in [2.75, 3.05) is 5.32 Å². The van der Waals surface area contributed by atoms with E-state index in [1.807, 2.05) is 60.7 Å². The van der Waals surface area contributed by atoms with Crippen molar-refractivity contribution in [3.63, 3.8) is 0 Å². The molecule has 2 aromatic heterocycles. The first-order valence-electron chi connectivity index (χ1n) is 9.58. The van der Waals surface area contributed by atoms with Gasteiger partial charge in [0, 0.05) is 29.8 Å². The largest absolute Gasteiger partial charge is 0.322 e. The van der Waals surface area contributed by atoms with Crippen LogP contribution >= 0.6 is 0 Å². The van der Waals surface area contributed by atoms with Gasteiger partial charge in [-0.05, 0) is 47.9 Å². The average Bonchev–Trinajstić information content (AvgIpc) is 3.21. The van der Waals surface area contributed by atoms with Crippen molar-refractivity contribution in [1.29, 1.82) is 0 Å². The van der Waals surface area contributed by atoms with Gasteiger partial charge >= 0.3 is 0 Å². The van der Waals surface area contributed by atoms with Gasteiger partial charge in [-0.1, -0.05) is 44.2 Å². The van der Waals surface area contributed by atoms with Crippen molar-refractivity contribution in [2.45, 2.75) is 19.8 Å². The quantitative estimate of drug-likeness (QED) is 0.509. The highest BCUT2D eigenvalue weighted by atomic mass is 16.1. The highest BCUT2D eigenvalue weighted by Crippen LogP contribution is 2.25. The first-order valence-corrected chi connectivity index (χ1v) is 9.58. The second-order valence-corrected chi connectivity index (χ2v) is 7.15. The monoisotopic (exact) mass is 382 g/mol. The Morgan fingerprint density at radius 3 is 2.55 bits per heavy atom. The minimum Gasteiger partial charge on any atom is -0.322 e. The molecule has 0 radical (unpaired) electrons. The van der Waals surface area contributed by atoms with Gasteiger partial charge in [-0.25, -0.2) is 4.68 Å². The van der Waals surface area contributed by atoms with E-state index < -0.39 is 0 Å². The van der Waals surface area contributed by atoms with Crippen LogP contribution in [0, 0.1) is 0 Å². The molecule has 2 heterocycles. The van der Waals surface area contributed by atoms with Crippen LogP contribution in [0.15, 0.2) is 85.3 Å². The van der Waals surface area contributed by atoms with Gasteiger partial charge in [0.1, 0.15) is 5.69 Å². The van der Waals surface area contributed by atoms with Gasteiger partial charge in [0.15, 0.2) is 0 Å². The number of hydrogen-bond acceptors (Lipinski definition) is 3. The highest BCUT2D eigenvalue weighted by Gasteiger charge is 2.19. The number of amides is 1. The van der Waals surface area contributed by atoms with Crippen LogP contribution in [-0.2, 0) is 0 Å². The van der Waals surface area contributed by atoms with E-state index in [4.69, 9.17) is 0 Å². The van der Waals surface area contributed by atoms with Gasteiger partial charge in [0.25, 0.3) is 5.91 Å². The lowest BCUT2D eigenvalue weighted by Gasteiger charge is -2.09. The standard InChI is InChI=1S/C24H22N4O/c1-17(2)18-8-6-10-20(14-18)26-24(29)22-16-28(21-11-4-3-5-12-21)27-23(22)19-9-7-13-25-15-19/h3-17H,1-2H3,(H,26,29). The minimum absolute atomic E-state index is 0.202. The zero-order valence-electron chi connectivity index (χ0n) is 16.4. The molecule has 0 fully saturated rings. The molecule has 4 aromatic rings. The number of para-hydroxylation sites is 1. The summed E-state index contributed by atoms with van der Waals surface area (Å²) in [6.07, 6.45) is 5.18. The zero-order chi connectivity index (χ0) is 20.2. The molecular weight excluding hydrogens is 360 g/mol. The third kappa shape index (κ3) is 4.09. The lowest BCUT2D eigenvalue weighted by atomic mass is 10.0. The van der Waals surface area contributed by atoms with Crippen LogP contribution in [0.25, 0.3) is 16.9 Å². The van der Waals surface area contributed by atoms with Gasteiger partial charge in [0.05, 0.1) is 11.3 Å². The predicted molar refractivity (Wildman–Crippen MR) is 115 cm³/mol. The van der Waals surface area contributed by atoms with E-state index in [-0.39, 0.29) is 5.91 Å². The summed E-state index contributed by atoms with van der Waals surface area (Å²) >= 11 is 0. The van der Waals surface area contributed by atoms with Crippen molar-refractivity contribution in [1.82, 2.24) is 14.8 Å². The van der Waals surface area contributed by atoms with Crippen molar-refractivity contribution in [2.24, 2.45) is 0 Å². The number of pyridine rings is 1. The second kappa shape index (κ2) is 8.10. The maximum Gasteiger partial charge on any atom is 0.259 e. The van der Waals surface area contributed by atoms with Crippen LogP contribution in [0.1, 0.15) is 35.7 Å². The van der Waals surface area contributed by atoms with E-state index in [2.05, 4.69) is 35.3 Å². The van der Waals surface area contributed by atoms with Gasteiger partial charge in [-0.3, -0.25) is 9.78 Å². The van der Waals surface area contributed by atoms with Crippen LogP contribution in [0.5, 0.6) is 0 Å². The fourth-order valence-electron chi connectivity index (χ4n) is 3.14. The lowest BCUT2D eigenvalue weighted by molar-refractivity contribution is 0.102. The van der Waals surface area contributed by atoms with Gasteiger partial charge < -0.3 is 5.32 Å². The summed E-state index contributed by atoms with van der Waals surface area (Å²) in [4.78, 5) is 17.3. The SMILES string of the molecule is CC(C)c1cccc(NC(=O)c2cn(-c3ccccc3)nc2-c2cccnc2)c1. The Morgan fingerprint density at radius 2 is 1.83 bits per heavy atom. The summed E-state index contributed by atoms with van der Waals surface area (Å²) < 4.78 is 1.72. The molecule has 0 aliphatic carbocycles. The molecule has 144 valence electrons. The number of benzene rings is 2. The molecule has 4 rings (SSSR count).